The van der Waals surface area contributed by atoms with Gasteiger partial charge in [-0.15, -0.1) is 0 Å². The fourth-order valence-electron chi connectivity index (χ4n) is 2.59. The van der Waals surface area contributed by atoms with Gasteiger partial charge in [0.25, 0.3) is 5.91 Å². The molecular weight excluding hydrogens is 348 g/mol. The molecule has 0 aliphatic heterocycles. The molecule has 0 fully saturated rings. The van der Waals surface area contributed by atoms with Crippen LogP contribution in [-0.4, -0.2) is 15.9 Å². The van der Waals surface area contributed by atoms with Gasteiger partial charge in [-0.3, -0.25) is 4.79 Å². The fourth-order valence-corrected chi connectivity index (χ4v) is 2.77. The van der Waals surface area contributed by atoms with E-state index in [2.05, 4.69) is 33.6 Å². The summed E-state index contributed by atoms with van der Waals surface area (Å²) in [6.07, 6.45) is 0.896. The predicted molar refractivity (Wildman–Crippen MR) is 105 cm³/mol. The number of aromatic nitrogens is 2. The molecule has 1 amide bonds. The third-order valence-electron chi connectivity index (χ3n) is 3.85. The highest BCUT2D eigenvalue weighted by molar-refractivity contribution is 6.33. The van der Waals surface area contributed by atoms with Crippen LogP contribution in [0.1, 0.15) is 28.8 Å². The fraction of sp³-hybridized carbons (Fsp3) is 0.150. The molecule has 0 unspecified atom stereocenters. The van der Waals surface area contributed by atoms with Crippen molar-refractivity contribution in [2.75, 3.05) is 10.6 Å². The lowest BCUT2D eigenvalue weighted by molar-refractivity contribution is 0.102. The number of hydrogen-bond donors (Lipinski definition) is 2. The van der Waals surface area contributed by atoms with Crippen molar-refractivity contribution >= 4 is 34.7 Å². The van der Waals surface area contributed by atoms with Crippen LogP contribution in [0.4, 0.5) is 17.2 Å². The first kappa shape index (κ1) is 17.9. The van der Waals surface area contributed by atoms with E-state index in [1.165, 1.54) is 5.56 Å². The maximum Gasteiger partial charge on any atom is 0.274 e. The van der Waals surface area contributed by atoms with Crippen molar-refractivity contribution in [3.8, 4) is 0 Å². The van der Waals surface area contributed by atoms with E-state index >= 15 is 0 Å². The summed E-state index contributed by atoms with van der Waals surface area (Å²) in [5, 5.41) is 6.53. The molecule has 0 aliphatic rings. The molecule has 3 rings (SSSR count). The van der Waals surface area contributed by atoms with Gasteiger partial charge in [0.2, 0.25) is 0 Å². The molecule has 0 bridgehead atoms. The highest BCUT2D eigenvalue weighted by Crippen LogP contribution is 2.23. The summed E-state index contributed by atoms with van der Waals surface area (Å²) < 4.78 is 0. The maximum atomic E-state index is 12.6. The van der Waals surface area contributed by atoms with E-state index in [1.54, 1.807) is 37.3 Å². The average molecular weight is 367 g/mol. The van der Waals surface area contributed by atoms with Crippen molar-refractivity contribution in [1.82, 2.24) is 9.97 Å². The number of carbonyl (C=O) groups excluding carboxylic acids is 1. The SMILES string of the molecule is CCc1ccccc1Nc1cc(C(=O)Nc2ccccc2Cl)nc(C)n1. The van der Waals surface area contributed by atoms with Crippen LogP contribution in [0.15, 0.2) is 54.6 Å². The Morgan fingerprint density at radius 2 is 1.73 bits per heavy atom. The molecule has 0 atom stereocenters. The van der Waals surface area contributed by atoms with E-state index in [0.29, 0.717) is 22.4 Å². The van der Waals surface area contributed by atoms with Gasteiger partial charge in [-0.05, 0) is 37.1 Å². The van der Waals surface area contributed by atoms with Gasteiger partial charge in [0.05, 0.1) is 10.7 Å². The summed E-state index contributed by atoms with van der Waals surface area (Å²) in [5.74, 6) is 0.742. The van der Waals surface area contributed by atoms with Gasteiger partial charge in [-0.25, -0.2) is 9.97 Å². The lowest BCUT2D eigenvalue weighted by atomic mass is 10.1. The molecule has 0 radical (unpaired) electrons. The number of para-hydroxylation sites is 2. The minimum Gasteiger partial charge on any atom is -0.340 e. The van der Waals surface area contributed by atoms with Crippen molar-refractivity contribution in [3.05, 3.63) is 76.7 Å². The lowest BCUT2D eigenvalue weighted by Gasteiger charge is -2.12. The largest absolute Gasteiger partial charge is 0.340 e. The van der Waals surface area contributed by atoms with E-state index < -0.39 is 0 Å². The third-order valence-corrected chi connectivity index (χ3v) is 4.18. The van der Waals surface area contributed by atoms with Gasteiger partial charge in [-0.1, -0.05) is 48.9 Å². The Morgan fingerprint density at radius 1 is 1.04 bits per heavy atom. The summed E-state index contributed by atoms with van der Waals surface area (Å²) in [6.45, 7) is 3.84. The van der Waals surface area contributed by atoms with Crippen LogP contribution in [0.25, 0.3) is 0 Å². The number of benzene rings is 2. The van der Waals surface area contributed by atoms with E-state index in [1.807, 2.05) is 18.2 Å². The molecule has 0 aliphatic carbocycles. The normalized spacial score (nSPS) is 10.4. The standard InChI is InChI=1S/C20H19ClN4O/c1-3-14-8-4-6-10-16(14)24-19-12-18(22-13(2)23-19)20(26)25-17-11-7-5-9-15(17)21/h4-12H,3H2,1-2H3,(H,25,26)(H,22,23,24). The molecule has 2 aromatic carbocycles. The molecule has 5 nitrogen and oxygen atoms in total. The molecule has 3 aromatic rings. The number of amides is 1. The second kappa shape index (κ2) is 7.97. The number of anilines is 3. The summed E-state index contributed by atoms with van der Waals surface area (Å²) in [5.41, 5.74) is 2.95. The summed E-state index contributed by atoms with van der Waals surface area (Å²) in [6, 6.07) is 16.7. The van der Waals surface area contributed by atoms with Crippen molar-refractivity contribution in [3.63, 3.8) is 0 Å². The smallest absolute Gasteiger partial charge is 0.274 e. The van der Waals surface area contributed by atoms with Crippen molar-refractivity contribution in [2.45, 2.75) is 20.3 Å². The molecule has 26 heavy (non-hydrogen) atoms. The third kappa shape index (κ3) is 4.18. The van der Waals surface area contributed by atoms with Crippen molar-refractivity contribution in [2.24, 2.45) is 0 Å². The van der Waals surface area contributed by atoms with Crippen LogP contribution in [-0.2, 0) is 6.42 Å². The highest BCUT2D eigenvalue weighted by Gasteiger charge is 2.13. The number of carbonyl (C=O) groups is 1. The summed E-state index contributed by atoms with van der Waals surface area (Å²) in [4.78, 5) is 21.2. The molecule has 6 heteroatoms. The zero-order chi connectivity index (χ0) is 18.5. The first-order valence-corrected chi connectivity index (χ1v) is 8.71. The molecule has 0 spiro atoms. The van der Waals surface area contributed by atoms with Crippen LogP contribution < -0.4 is 10.6 Å². The first-order chi connectivity index (χ1) is 12.6. The van der Waals surface area contributed by atoms with Crippen LogP contribution >= 0.6 is 11.6 Å². The van der Waals surface area contributed by atoms with Crippen molar-refractivity contribution in [1.29, 1.82) is 0 Å². The second-order valence-electron chi connectivity index (χ2n) is 5.76. The number of aryl methyl sites for hydroxylation is 2. The lowest BCUT2D eigenvalue weighted by Crippen LogP contribution is -2.15. The molecule has 0 saturated heterocycles. The molecule has 2 N–H and O–H groups in total. The van der Waals surface area contributed by atoms with Gasteiger partial charge in [0.15, 0.2) is 0 Å². The minimum absolute atomic E-state index is 0.272. The van der Waals surface area contributed by atoms with Gasteiger partial charge in [-0.2, -0.15) is 0 Å². The van der Waals surface area contributed by atoms with Crippen LogP contribution in [0.3, 0.4) is 0 Å². The molecular formula is C20H19ClN4O. The molecule has 1 heterocycles. The minimum atomic E-state index is -0.338. The van der Waals surface area contributed by atoms with Gasteiger partial charge in [0.1, 0.15) is 17.3 Å². The zero-order valence-electron chi connectivity index (χ0n) is 14.6. The van der Waals surface area contributed by atoms with Crippen molar-refractivity contribution < 1.29 is 4.79 Å². The Bertz CT molecular complexity index is 943. The molecule has 1 aromatic heterocycles. The van der Waals surface area contributed by atoms with E-state index in [-0.39, 0.29) is 11.6 Å². The van der Waals surface area contributed by atoms with Crippen LogP contribution in [0, 0.1) is 6.92 Å². The quantitative estimate of drug-likeness (QED) is 0.667. The van der Waals surface area contributed by atoms with E-state index in [4.69, 9.17) is 11.6 Å². The number of rotatable bonds is 5. The Labute approximate surface area is 157 Å². The average Bonchev–Trinajstić information content (AvgIpc) is 2.63. The monoisotopic (exact) mass is 366 g/mol. The number of hydrogen-bond acceptors (Lipinski definition) is 4. The van der Waals surface area contributed by atoms with Gasteiger partial charge < -0.3 is 10.6 Å². The second-order valence-corrected chi connectivity index (χ2v) is 6.16. The highest BCUT2D eigenvalue weighted by atomic mass is 35.5. The first-order valence-electron chi connectivity index (χ1n) is 8.33. The zero-order valence-corrected chi connectivity index (χ0v) is 15.3. The predicted octanol–water partition coefficient (Wildman–Crippen LogP) is 5.00. The molecule has 0 saturated carbocycles. The van der Waals surface area contributed by atoms with E-state index in [9.17, 15) is 4.79 Å². The summed E-state index contributed by atoms with van der Waals surface area (Å²) in [7, 11) is 0. The Hall–Kier alpha value is -2.92. The number of halogens is 1. The van der Waals surface area contributed by atoms with Crippen LogP contribution in [0.5, 0.6) is 0 Å². The number of nitrogens with zero attached hydrogens (tertiary/aromatic N) is 2. The van der Waals surface area contributed by atoms with Gasteiger partial charge >= 0.3 is 0 Å². The molecule has 132 valence electrons. The van der Waals surface area contributed by atoms with E-state index in [0.717, 1.165) is 12.1 Å². The Morgan fingerprint density at radius 3 is 2.46 bits per heavy atom. The Balaban J connectivity index is 1.85. The topological polar surface area (TPSA) is 66.9 Å². The summed E-state index contributed by atoms with van der Waals surface area (Å²) >= 11 is 6.10. The Kier molecular flexibility index (Phi) is 5.49. The maximum absolute atomic E-state index is 12.6. The van der Waals surface area contributed by atoms with Crippen LogP contribution in [0.2, 0.25) is 5.02 Å². The van der Waals surface area contributed by atoms with Gasteiger partial charge in [0, 0.05) is 11.8 Å². The number of nitrogens with one attached hydrogen (secondary N) is 2.